The van der Waals surface area contributed by atoms with E-state index in [1.807, 2.05) is 12.1 Å². The molecule has 5 rings (SSSR count). The highest BCUT2D eigenvalue weighted by Crippen LogP contribution is 2.38. The van der Waals surface area contributed by atoms with E-state index in [0.717, 1.165) is 46.2 Å². The van der Waals surface area contributed by atoms with Gasteiger partial charge in [0.05, 0.1) is 28.7 Å². The van der Waals surface area contributed by atoms with Gasteiger partial charge in [0.1, 0.15) is 5.75 Å². The maximum absolute atomic E-state index is 5.81. The zero-order valence-corrected chi connectivity index (χ0v) is 22.2. The van der Waals surface area contributed by atoms with Crippen LogP contribution in [0.4, 0.5) is 23.1 Å². The lowest BCUT2D eigenvalue weighted by atomic mass is 9.86. The molecule has 35 heavy (non-hydrogen) atoms. The standard InChI is InChI=1S/C27H31N5OS2/c1-17-15-22(23(33-3)16-19(17)18-9-12-32(2)13-10-18)30-27-29-21-11-14-35-25(21)26(31-27)28-20-7-5-6-8-24(20)34-4/h5-8,11,14-16,18H,9-10,12-13H2,1-4H3,(H2,28,29,30,31). The van der Waals surface area contributed by atoms with Gasteiger partial charge in [0.25, 0.3) is 0 Å². The third-order valence-corrected chi connectivity index (χ3v) is 8.36. The summed E-state index contributed by atoms with van der Waals surface area (Å²) in [6.07, 6.45) is 4.44. The van der Waals surface area contributed by atoms with Gasteiger partial charge in [-0.25, -0.2) is 4.98 Å². The van der Waals surface area contributed by atoms with Crippen LogP contribution in [0.3, 0.4) is 0 Å². The molecule has 2 aromatic heterocycles. The Balaban J connectivity index is 1.47. The monoisotopic (exact) mass is 505 g/mol. The summed E-state index contributed by atoms with van der Waals surface area (Å²) < 4.78 is 6.84. The van der Waals surface area contributed by atoms with Gasteiger partial charge in [-0.2, -0.15) is 4.98 Å². The van der Waals surface area contributed by atoms with Crippen LogP contribution in [-0.2, 0) is 0 Å². The Morgan fingerprint density at radius 3 is 2.63 bits per heavy atom. The van der Waals surface area contributed by atoms with Crippen LogP contribution in [0, 0.1) is 6.92 Å². The number of para-hydroxylation sites is 1. The number of thioether (sulfide) groups is 1. The molecule has 1 aliphatic rings. The first kappa shape index (κ1) is 23.9. The number of methoxy groups -OCH3 is 1. The predicted octanol–water partition coefficient (Wildman–Crippen LogP) is 7.03. The van der Waals surface area contributed by atoms with Crippen molar-refractivity contribution in [3.8, 4) is 5.75 Å². The fraction of sp³-hybridized carbons (Fsp3) is 0.333. The lowest BCUT2D eigenvalue weighted by molar-refractivity contribution is 0.255. The first-order chi connectivity index (χ1) is 17.1. The van der Waals surface area contributed by atoms with E-state index >= 15 is 0 Å². The second-order valence-corrected chi connectivity index (χ2v) is 10.7. The average molecular weight is 506 g/mol. The van der Waals surface area contributed by atoms with E-state index in [2.05, 4.69) is 71.5 Å². The van der Waals surface area contributed by atoms with Gasteiger partial charge in [0, 0.05) is 4.90 Å². The summed E-state index contributed by atoms with van der Waals surface area (Å²) in [5.74, 6) is 2.73. The molecule has 4 aromatic rings. The summed E-state index contributed by atoms with van der Waals surface area (Å²) in [5.41, 5.74) is 5.48. The van der Waals surface area contributed by atoms with Crippen molar-refractivity contribution in [2.24, 2.45) is 0 Å². The summed E-state index contributed by atoms with van der Waals surface area (Å²) in [6, 6.07) is 14.7. The lowest BCUT2D eigenvalue weighted by Crippen LogP contribution is -2.29. The summed E-state index contributed by atoms with van der Waals surface area (Å²) in [4.78, 5) is 13.2. The maximum atomic E-state index is 5.81. The molecule has 2 aromatic carbocycles. The molecule has 0 radical (unpaired) electrons. The van der Waals surface area contributed by atoms with Crippen molar-refractivity contribution in [2.45, 2.75) is 30.6 Å². The van der Waals surface area contributed by atoms with Gasteiger partial charge in [-0.1, -0.05) is 12.1 Å². The van der Waals surface area contributed by atoms with Gasteiger partial charge < -0.3 is 20.3 Å². The van der Waals surface area contributed by atoms with Crippen LogP contribution in [-0.4, -0.2) is 48.4 Å². The van der Waals surface area contributed by atoms with E-state index in [4.69, 9.17) is 14.7 Å². The normalized spacial score (nSPS) is 14.9. The Hall–Kier alpha value is -2.81. The second-order valence-electron chi connectivity index (χ2n) is 8.97. The van der Waals surface area contributed by atoms with E-state index < -0.39 is 0 Å². The zero-order chi connectivity index (χ0) is 24.4. The van der Waals surface area contributed by atoms with Gasteiger partial charge in [-0.15, -0.1) is 23.1 Å². The van der Waals surface area contributed by atoms with Crippen LogP contribution in [0.2, 0.25) is 0 Å². The molecule has 0 atom stereocenters. The molecule has 1 fully saturated rings. The molecule has 8 heteroatoms. The zero-order valence-electron chi connectivity index (χ0n) is 20.6. The summed E-state index contributed by atoms with van der Waals surface area (Å²) in [6.45, 7) is 4.46. The highest BCUT2D eigenvalue weighted by molar-refractivity contribution is 7.98. The Labute approximate surface area is 215 Å². The number of aryl methyl sites for hydroxylation is 1. The SMILES string of the molecule is COc1cc(C2CCN(C)CC2)c(C)cc1Nc1nc(Nc2ccccc2SC)c2sccc2n1. The quantitative estimate of drug-likeness (QED) is 0.262. The van der Waals surface area contributed by atoms with Crippen molar-refractivity contribution < 1.29 is 4.74 Å². The Morgan fingerprint density at radius 2 is 1.86 bits per heavy atom. The third kappa shape index (κ3) is 5.10. The largest absolute Gasteiger partial charge is 0.495 e. The Bertz CT molecular complexity index is 1330. The Morgan fingerprint density at radius 1 is 1.06 bits per heavy atom. The molecule has 3 heterocycles. The van der Waals surface area contributed by atoms with Gasteiger partial charge in [0.15, 0.2) is 5.82 Å². The number of likely N-dealkylation sites (tertiary alicyclic amines) is 1. The van der Waals surface area contributed by atoms with Crippen LogP contribution in [0.5, 0.6) is 5.75 Å². The van der Waals surface area contributed by atoms with E-state index in [-0.39, 0.29) is 0 Å². The molecule has 2 N–H and O–H groups in total. The summed E-state index contributed by atoms with van der Waals surface area (Å²) in [7, 11) is 3.92. The number of ether oxygens (including phenoxy) is 1. The van der Waals surface area contributed by atoms with E-state index in [1.165, 1.54) is 28.9 Å². The number of fused-ring (bicyclic) bond motifs is 1. The molecule has 1 saturated heterocycles. The summed E-state index contributed by atoms with van der Waals surface area (Å²) in [5, 5.41) is 9.03. The van der Waals surface area contributed by atoms with Crippen LogP contribution < -0.4 is 15.4 Å². The number of hydrogen-bond donors (Lipinski definition) is 2. The highest BCUT2D eigenvalue weighted by Gasteiger charge is 2.22. The van der Waals surface area contributed by atoms with Crippen molar-refractivity contribution >= 4 is 56.5 Å². The third-order valence-electron chi connectivity index (χ3n) is 6.66. The van der Waals surface area contributed by atoms with Crippen LogP contribution in [0.25, 0.3) is 10.2 Å². The number of benzene rings is 2. The molecule has 6 nitrogen and oxygen atoms in total. The van der Waals surface area contributed by atoms with Gasteiger partial charge >= 0.3 is 0 Å². The average Bonchev–Trinajstić information content (AvgIpc) is 3.34. The molecule has 0 bridgehead atoms. The summed E-state index contributed by atoms with van der Waals surface area (Å²) >= 11 is 3.35. The van der Waals surface area contributed by atoms with Crippen LogP contribution >= 0.6 is 23.1 Å². The molecule has 182 valence electrons. The molecule has 0 amide bonds. The molecule has 0 spiro atoms. The van der Waals surface area contributed by atoms with Crippen molar-refractivity contribution in [3.63, 3.8) is 0 Å². The minimum Gasteiger partial charge on any atom is -0.495 e. The van der Waals surface area contributed by atoms with Crippen molar-refractivity contribution in [1.29, 1.82) is 0 Å². The van der Waals surface area contributed by atoms with Crippen molar-refractivity contribution in [1.82, 2.24) is 14.9 Å². The fourth-order valence-electron chi connectivity index (χ4n) is 4.73. The number of anilines is 4. The van der Waals surface area contributed by atoms with Crippen molar-refractivity contribution in [3.05, 3.63) is 59.0 Å². The second kappa shape index (κ2) is 10.4. The van der Waals surface area contributed by atoms with Gasteiger partial charge in [0.2, 0.25) is 5.95 Å². The number of piperidine rings is 1. The Kier molecular flexibility index (Phi) is 7.13. The number of nitrogens with zero attached hydrogens (tertiary/aromatic N) is 3. The number of aromatic nitrogens is 2. The highest BCUT2D eigenvalue weighted by atomic mass is 32.2. The topological polar surface area (TPSA) is 62.3 Å². The van der Waals surface area contributed by atoms with E-state index in [9.17, 15) is 0 Å². The van der Waals surface area contributed by atoms with Crippen molar-refractivity contribution in [2.75, 3.05) is 44.1 Å². The van der Waals surface area contributed by atoms with E-state index in [0.29, 0.717) is 11.9 Å². The fourth-order valence-corrected chi connectivity index (χ4v) is 6.06. The van der Waals surface area contributed by atoms with Gasteiger partial charge in [-0.3, -0.25) is 0 Å². The first-order valence-electron chi connectivity index (χ1n) is 11.8. The van der Waals surface area contributed by atoms with Crippen LogP contribution in [0.15, 0.2) is 52.7 Å². The molecular weight excluding hydrogens is 474 g/mol. The number of hydrogen-bond acceptors (Lipinski definition) is 8. The predicted molar refractivity (Wildman–Crippen MR) is 149 cm³/mol. The number of nitrogens with one attached hydrogen (secondary N) is 2. The molecule has 0 saturated carbocycles. The molecule has 1 aliphatic heterocycles. The molecule has 0 unspecified atom stereocenters. The number of thiophene rings is 1. The van der Waals surface area contributed by atoms with E-state index in [1.54, 1.807) is 30.2 Å². The lowest BCUT2D eigenvalue weighted by Gasteiger charge is -2.30. The van der Waals surface area contributed by atoms with Gasteiger partial charge in [-0.05, 0) is 98.9 Å². The molecule has 0 aliphatic carbocycles. The smallest absolute Gasteiger partial charge is 0.229 e. The van der Waals surface area contributed by atoms with Crippen LogP contribution in [0.1, 0.15) is 29.9 Å². The minimum absolute atomic E-state index is 0.546. The molecular formula is C27H31N5OS2. The first-order valence-corrected chi connectivity index (χ1v) is 14.0. The number of rotatable bonds is 7. The minimum atomic E-state index is 0.546. The maximum Gasteiger partial charge on any atom is 0.229 e.